The maximum Gasteiger partial charge on any atom is 0.257 e. The number of benzene rings is 2. The smallest absolute Gasteiger partial charge is 0.257 e. The van der Waals surface area contributed by atoms with E-state index in [4.69, 9.17) is 4.74 Å². The maximum atomic E-state index is 12.4. The summed E-state index contributed by atoms with van der Waals surface area (Å²) in [5, 5.41) is 14.1. The van der Waals surface area contributed by atoms with Gasteiger partial charge < -0.3 is 10.1 Å². The van der Waals surface area contributed by atoms with Gasteiger partial charge in [0, 0.05) is 11.3 Å². The fraction of sp³-hybridized carbons (Fsp3) is 0.304. The lowest BCUT2D eigenvalue weighted by molar-refractivity contribution is -0.113. The van der Waals surface area contributed by atoms with Crippen LogP contribution < -0.4 is 15.4 Å². The molecule has 0 saturated heterocycles. The molecule has 0 spiro atoms. The van der Waals surface area contributed by atoms with Crippen LogP contribution in [0.25, 0.3) is 0 Å². The summed E-state index contributed by atoms with van der Waals surface area (Å²) >= 11 is 2.51. The summed E-state index contributed by atoms with van der Waals surface area (Å²) in [6, 6.07) is 12.8. The Balaban J connectivity index is 1.48. The minimum absolute atomic E-state index is 0.120. The maximum absolute atomic E-state index is 12.4. The minimum atomic E-state index is -0.273. The quantitative estimate of drug-likeness (QED) is 0.237. The van der Waals surface area contributed by atoms with Gasteiger partial charge in [0.1, 0.15) is 5.75 Å². The number of nitrogens with zero attached hydrogens (tertiary/aromatic N) is 2. The highest BCUT2D eigenvalue weighted by molar-refractivity contribution is 8.01. The van der Waals surface area contributed by atoms with E-state index in [1.807, 2.05) is 32.0 Å². The molecule has 2 amide bonds. The molecule has 0 fully saturated rings. The topological polar surface area (TPSA) is 93.2 Å². The Labute approximate surface area is 196 Å². The van der Waals surface area contributed by atoms with Gasteiger partial charge in [-0.3, -0.25) is 14.9 Å². The standard InChI is InChI=1S/C23H26N4O3S2/c1-4-5-13-30-18-11-9-17(10-12-18)21(29)25-22-26-27-23(32-22)31-14-20(28)24-19-8-6-7-15(2)16(19)3/h6-12H,4-5,13-14H2,1-3H3,(H,24,28)(H,25,26,29). The molecule has 0 aliphatic heterocycles. The molecule has 0 atom stereocenters. The zero-order valence-corrected chi connectivity index (χ0v) is 19.9. The molecule has 0 unspecified atom stereocenters. The second kappa shape index (κ2) is 11.6. The molecule has 3 rings (SSSR count). The number of anilines is 2. The van der Waals surface area contributed by atoms with Gasteiger partial charge in [0.15, 0.2) is 4.34 Å². The Morgan fingerprint density at radius 1 is 1.06 bits per heavy atom. The van der Waals surface area contributed by atoms with Crippen molar-refractivity contribution in [2.45, 2.75) is 38.0 Å². The molecule has 1 heterocycles. The van der Waals surface area contributed by atoms with E-state index in [-0.39, 0.29) is 17.6 Å². The molecule has 0 bridgehead atoms. The Morgan fingerprint density at radius 2 is 1.84 bits per heavy atom. The van der Waals surface area contributed by atoms with Crippen LogP contribution in [0.2, 0.25) is 0 Å². The van der Waals surface area contributed by atoms with Gasteiger partial charge >= 0.3 is 0 Å². The average Bonchev–Trinajstić information content (AvgIpc) is 3.23. The van der Waals surface area contributed by atoms with Crippen LogP contribution in [0.1, 0.15) is 41.3 Å². The first-order valence-corrected chi connectivity index (χ1v) is 12.1. The summed E-state index contributed by atoms with van der Waals surface area (Å²) in [6.45, 7) is 6.75. The van der Waals surface area contributed by atoms with Crippen LogP contribution in [0, 0.1) is 13.8 Å². The Hall–Kier alpha value is -2.91. The predicted molar refractivity (Wildman–Crippen MR) is 130 cm³/mol. The number of nitrogens with one attached hydrogen (secondary N) is 2. The molecule has 32 heavy (non-hydrogen) atoms. The van der Waals surface area contributed by atoms with Gasteiger partial charge in [0.05, 0.1) is 12.4 Å². The lowest BCUT2D eigenvalue weighted by Gasteiger charge is -2.09. The zero-order chi connectivity index (χ0) is 22.9. The van der Waals surface area contributed by atoms with Crippen molar-refractivity contribution in [2.75, 3.05) is 23.0 Å². The highest BCUT2D eigenvalue weighted by Crippen LogP contribution is 2.26. The number of rotatable bonds is 10. The van der Waals surface area contributed by atoms with Crippen molar-refractivity contribution >= 4 is 45.7 Å². The first kappa shape index (κ1) is 23.7. The van der Waals surface area contributed by atoms with Crippen molar-refractivity contribution in [3.63, 3.8) is 0 Å². The lowest BCUT2D eigenvalue weighted by atomic mass is 10.1. The van der Waals surface area contributed by atoms with Gasteiger partial charge in [-0.2, -0.15) is 0 Å². The molecule has 1 aromatic heterocycles. The molecule has 2 aromatic carbocycles. The van der Waals surface area contributed by atoms with Crippen molar-refractivity contribution in [2.24, 2.45) is 0 Å². The van der Waals surface area contributed by atoms with Gasteiger partial charge in [0.2, 0.25) is 11.0 Å². The molecule has 0 saturated carbocycles. The third kappa shape index (κ3) is 6.80. The van der Waals surface area contributed by atoms with Crippen molar-refractivity contribution < 1.29 is 14.3 Å². The number of aromatic nitrogens is 2. The molecule has 0 aliphatic rings. The van der Waals surface area contributed by atoms with Gasteiger partial charge in [-0.05, 0) is 61.7 Å². The van der Waals surface area contributed by atoms with Crippen LogP contribution in [-0.4, -0.2) is 34.4 Å². The van der Waals surface area contributed by atoms with Crippen LogP contribution in [0.4, 0.5) is 10.8 Å². The second-order valence-electron chi connectivity index (χ2n) is 7.14. The predicted octanol–water partition coefficient (Wildman–Crippen LogP) is 5.32. The molecule has 0 aliphatic carbocycles. The van der Waals surface area contributed by atoms with Crippen molar-refractivity contribution in [3.8, 4) is 5.75 Å². The number of aryl methyl sites for hydroxylation is 1. The van der Waals surface area contributed by atoms with Crippen molar-refractivity contribution in [1.29, 1.82) is 0 Å². The average molecular weight is 471 g/mol. The van der Waals surface area contributed by atoms with Gasteiger partial charge in [-0.1, -0.05) is 48.6 Å². The monoisotopic (exact) mass is 470 g/mol. The van der Waals surface area contributed by atoms with E-state index >= 15 is 0 Å². The van der Waals surface area contributed by atoms with Crippen LogP contribution in [0.3, 0.4) is 0 Å². The summed E-state index contributed by atoms with van der Waals surface area (Å²) in [4.78, 5) is 24.7. The van der Waals surface area contributed by atoms with Gasteiger partial charge in [-0.25, -0.2) is 0 Å². The molecule has 7 nitrogen and oxygen atoms in total. The number of amides is 2. The number of carbonyl (C=O) groups excluding carboxylic acids is 2. The number of unbranched alkanes of at least 4 members (excludes halogenated alkanes) is 1. The Kier molecular flexibility index (Phi) is 8.64. The summed E-state index contributed by atoms with van der Waals surface area (Å²) < 4.78 is 6.22. The normalized spacial score (nSPS) is 10.6. The number of hydrogen-bond donors (Lipinski definition) is 2. The van der Waals surface area contributed by atoms with Crippen molar-refractivity contribution in [1.82, 2.24) is 10.2 Å². The fourth-order valence-electron chi connectivity index (χ4n) is 2.72. The molecule has 0 radical (unpaired) electrons. The van der Waals surface area contributed by atoms with E-state index in [1.165, 1.54) is 23.1 Å². The minimum Gasteiger partial charge on any atom is -0.494 e. The fourth-order valence-corrected chi connectivity index (χ4v) is 4.27. The summed E-state index contributed by atoms with van der Waals surface area (Å²) in [6.07, 6.45) is 2.06. The second-order valence-corrected chi connectivity index (χ2v) is 9.34. The van der Waals surface area contributed by atoms with Gasteiger partial charge in [0.25, 0.3) is 5.91 Å². The van der Waals surface area contributed by atoms with E-state index in [0.29, 0.717) is 21.6 Å². The summed E-state index contributed by atoms with van der Waals surface area (Å²) in [7, 11) is 0. The molecule has 3 aromatic rings. The van der Waals surface area contributed by atoms with E-state index in [9.17, 15) is 9.59 Å². The third-order valence-electron chi connectivity index (χ3n) is 4.72. The first-order valence-electron chi connectivity index (χ1n) is 10.3. The van der Waals surface area contributed by atoms with E-state index in [1.54, 1.807) is 24.3 Å². The highest BCUT2D eigenvalue weighted by atomic mass is 32.2. The molecular weight excluding hydrogens is 444 g/mol. The third-order valence-corrected chi connectivity index (χ3v) is 6.69. The van der Waals surface area contributed by atoms with Crippen LogP contribution in [0.15, 0.2) is 46.8 Å². The zero-order valence-electron chi connectivity index (χ0n) is 18.3. The molecule has 168 valence electrons. The van der Waals surface area contributed by atoms with Crippen LogP contribution >= 0.6 is 23.1 Å². The Bertz CT molecular complexity index is 1070. The summed E-state index contributed by atoms with van der Waals surface area (Å²) in [5.74, 6) is 0.551. The Morgan fingerprint density at radius 3 is 2.59 bits per heavy atom. The SMILES string of the molecule is CCCCOc1ccc(C(=O)Nc2nnc(SCC(=O)Nc3cccc(C)c3C)s2)cc1. The van der Waals surface area contributed by atoms with Crippen LogP contribution in [-0.2, 0) is 4.79 Å². The first-order chi connectivity index (χ1) is 15.5. The number of hydrogen-bond acceptors (Lipinski definition) is 7. The summed E-state index contributed by atoms with van der Waals surface area (Å²) in [5.41, 5.74) is 3.48. The van der Waals surface area contributed by atoms with Gasteiger partial charge in [-0.15, -0.1) is 10.2 Å². The number of ether oxygens (including phenoxy) is 1. The van der Waals surface area contributed by atoms with E-state index in [2.05, 4.69) is 27.8 Å². The largest absolute Gasteiger partial charge is 0.494 e. The number of thioether (sulfide) groups is 1. The molecular formula is C23H26N4O3S2. The number of carbonyl (C=O) groups is 2. The molecule has 9 heteroatoms. The van der Waals surface area contributed by atoms with E-state index < -0.39 is 0 Å². The van der Waals surface area contributed by atoms with Crippen LogP contribution in [0.5, 0.6) is 5.75 Å². The highest BCUT2D eigenvalue weighted by Gasteiger charge is 2.13. The van der Waals surface area contributed by atoms with Crippen molar-refractivity contribution in [3.05, 3.63) is 59.2 Å². The molecule has 2 N–H and O–H groups in total. The van der Waals surface area contributed by atoms with E-state index in [0.717, 1.165) is 35.4 Å². The lowest BCUT2D eigenvalue weighted by Crippen LogP contribution is -2.15.